The largest absolute Gasteiger partial charge is 0.491 e. The molecule has 0 saturated heterocycles. The van der Waals surface area contributed by atoms with Crippen LogP contribution in [-0.4, -0.2) is 53.2 Å². The monoisotopic (exact) mass is 394 g/mol. The Morgan fingerprint density at radius 2 is 1.22 bits per heavy atom. The van der Waals surface area contributed by atoms with Crippen LogP contribution >= 0.6 is 11.6 Å². The van der Waals surface area contributed by atoms with E-state index in [0.717, 1.165) is 11.1 Å². The molecule has 0 fully saturated rings. The summed E-state index contributed by atoms with van der Waals surface area (Å²) in [6.07, 6.45) is -1.56. The minimum atomic E-state index is -0.882. The highest BCUT2D eigenvalue weighted by Crippen LogP contribution is 2.33. The van der Waals surface area contributed by atoms with E-state index in [1.807, 2.05) is 48.5 Å². The minimum Gasteiger partial charge on any atom is -0.491 e. The van der Waals surface area contributed by atoms with Gasteiger partial charge in [0.15, 0.2) is 0 Å². The maximum absolute atomic E-state index is 9.46. The van der Waals surface area contributed by atoms with Crippen molar-refractivity contribution in [2.24, 2.45) is 0 Å². The van der Waals surface area contributed by atoms with Crippen LogP contribution in [-0.2, 0) is 5.41 Å². The highest BCUT2D eigenvalue weighted by atomic mass is 35.5. The molecule has 0 radical (unpaired) electrons. The molecule has 0 aliphatic heterocycles. The third-order valence-electron chi connectivity index (χ3n) is 4.43. The first-order chi connectivity index (χ1) is 12.9. The Balaban J connectivity index is 2.04. The van der Waals surface area contributed by atoms with E-state index in [1.54, 1.807) is 0 Å². The van der Waals surface area contributed by atoms with Gasteiger partial charge in [0.05, 0.1) is 12.5 Å². The number of aliphatic hydroxyl groups excluding tert-OH is 3. The van der Waals surface area contributed by atoms with Crippen molar-refractivity contribution in [1.82, 2.24) is 0 Å². The maximum Gasteiger partial charge on any atom is 0.119 e. The number of rotatable bonds is 10. The van der Waals surface area contributed by atoms with Crippen LogP contribution in [0.4, 0.5) is 0 Å². The average Bonchev–Trinajstić information content (AvgIpc) is 2.70. The Labute approximate surface area is 165 Å². The standard InChI is InChI=1S/C21H27ClO5/c1-21(2,15-3-7-19(8-4-15)26-13-17(24)11-22)16-5-9-20(10-6-16)27-14-18(25)12-23/h3-10,17-18,23-25H,11-14H2,1-2H3/t17?,18-/m0/s1. The van der Waals surface area contributed by atoms with Crippen molar-refractivity contribution in [1.29, 1.82) is 0 Å². The van der Waals surface area contributed by atoms with Crippen LogP contribution in [0.2, 0.25) is 0 Å². The highest BCUT2D eigenvalue weighted by Gasteiger charge is 2.23. The molecule has 0 saturated carbocycles. The zero-order valence-corrected chi connectivity index (χ0v) is 16.4. The Morgan fingerprint density at radius 3 is 1.59 bits per heavy atom. The summed E-state index contributed by atoms with van der Waals surface area (Å²) in [5.41, 5.74) is 2.01. The fraction of sp³-hybridized carbons (Fsp3) is 0.429. The Hall–Kier alpha value is -1.79. The summed E-state index contributed by atoms with van der Waals surface area (Å²) in [6.45, 7) is 4.16. The quantitative estimate of drug-likeness (QED) is 0.540. The molecule has 0 aliphatic carbocycles. The molecular weight excluding hydrogens is 368 g/mol. The van der Waals surface area contributed by atoms with E-state index in [-0.39, 0.29) is 31.1 Å². The molecule has 0 aromatic heterocycles. The van der Waals surface area contributed by atoms with Gasteiger partial charge in [-0.25, -0.2) is 0 Å². The molecule has 0 spiro atoms. The maximum atomic E-state index is 9.46. The summed E-state index contributed by atoms with van der Waals surface area (Å²) in [6, 6.07) is 15.5. The van der Waals surface area contributed by atoms with Gasteiger partial charge < -0.3 is 24.8 Å². The van der Waals surface area contributed by atoms with Crippen LogP contribution in [0.1, 0.15) is 25.0 Å². The molecular formula is C21H27ClO5. The Bertz CT molecular complexity index is 625. The number of hydrogen-bond acceptors (Lipinski definition) is 5. The molecule has 0 amide bonds. The summed E-state index contributed by atoms with van der Waals surface area (Å²) >= 11 is 5.56. The third-order valence-corrected chi connectivity index (χ3v) is 4.78. The zero-order valence-electron chi connectivity index (χ0n) is 15.6. The van der Waals surface area contributed by atoms with Gasteiger partial charge in [0, 0.05) is 5.41 Å². The highest BCUT2D eigenvalue weighted by molar-refractivity contribution is 6.18. The predicted octanol–water partition coefficient (Wildman–Crippen LogP) is 2.72. The first-order valence-electron chi connectivity index (χ1n) is 8.86. The zero-order chi connectivity index (χ0) is 19.9. The lowest BCUT2D eigenvalue weighted by Crippen LogP contribution is -2.21. The van der Waals surface area contributed by atoms with E-state index >= 15 is 0 Å². The molecule has 2 rings (SSSR count). The number of halogens is 1. The number of ether oxygens (including phenoxy) is 2. The van der Waals surface area contributed by atoms with Crippen LogP contribution in [0.15, 0.2) is 48.5 Å². The van der Waals surface area contributed by atoms with Crippen molar-refractivity contribution < 1.29 is 24.8 Å². The van der Waals surface area contributed by atoms with Gasteiger partial charge >= 0.3 is 0 Å². The van der Waals surface area contributed by atoms with Crippen LogP contribution in [0, 0.1) is 0 Å². The van der Waals surface area contributed by atoms with Crippen molar-refractivity contribution >= 4 is 11.6 Å². The van der Waals surface area contributed by atoms with Crippen molar-refractivity contribution in [2.45, 2.75) is 31.5 Å². The lowest BCUT2D eigenvalue weighted by atomic mass is 9.78. The van der Waals surface area contributed by atoms with Crippen LogP contribution in [0.3, 0.4) is 0 Å². The molecule has 0 bridgehead atoms. The number of hydrogen-bond donors (Lipinski definition) is 3. The number of benzene rings is 2. The van der Waals surface area contributed by atoms with E-state index in [9.17, 15) is 10.2 Å². The van der Waals surface area contributed by atoms with Crippen molar-refractivity contribution in [3.63, 3.8) is 0 Å². The molecule has 5 nitrogen and oxygen atoms in total. The van der Waals surface area contributed by atoms with Crippen LogP contribution in [0.25, 0.3) is 0 Å². The second-order valence-corrected chi connectivity index (χ2v) is 7.25. The summed E-state index contributed by atoms with van der Waals surface area (Å²) in [4.78, 5) is 0. The first-order valence-corrected chi connectivity index (χ1v) is 9.40. The third kappa shape index (κ3) is 6.11. The van der Waals surface area contributed by atoms with Gasteiger partial charge in [-0.3, -0.25) is 0 Å². The topological polar surface area (TPSA) is 79.2 Å². The molecule has 1 unspecified atom stereocenters. The average molecular weight is 395 g/mol. The van der Waals surface area contributed by atoms with Gasteiger partial charge in [0.2, 0.25) is 0 Å². The summed E-state index contributed by atoms with van der Waals surface area (Å²) in [7, 11) is 0. The lowest BCUT2D eigenvalue weighted by Gasteiger charge is -2.26. The fourth-order valence-corrected chi connectivity index (χ4v) is 2.67. The Kier molecular flexibility index (Phi) is 7.92. The molecule has 27 heavy (non-hydrogen) atoms. The molecule has 2 aromatic carbocycles. The van der Waals surface area contributed by atoms with Crippen molar-refractivity contribution in [3.8, 4) is 11.5 Å². The fourth-order valence-electron chi connectivity index (χ4n) is 2.58. The molecule has 0 aliphatic rings. The molecule has 0 heterocycles. The second-order valence-electron chi connectivity index (χ2n) is 6.94. The minimum absolute atomic E-state index is 0.0547. The van der Waals surface area contributed by atoms with E-state index in [0.29, 0.717) is 11.5 Å². The van der Waals surface area contributed by atoms with Gasteiger partial charge in [-0.1, -0.05) is 38.1 Å². The summed E-state index contributed by atoms with van der Waals surface area (Å²) < 4.78 is 11.0. The number of alkyl halides is 1. The molecule has 2 atom stereocenters. The second kappa shape index (κ2) is 9.95. The Morgan fingerprint density at radius 1 is 0.815 bits per heavy atom. The summed E-state index contributed by atoms with van der Waals surface area (Å²) in [5.74, 6) is 1.47. The van der Waals surface area contributed by atoms with Crippen LogP contribution < -0.4 is 9.47 Å². The molecule has 148 valence electrons. The molecule has 2 aromatic rings. The van der Waals surface area contributed by atoms with Gasteiger partial charge in [-0.15, -0.1) is 11.6 Å². The summed E-state index contributed by atoms with van der Waals surface area (Å²) in [5, 5.41) is 27.6. The van der Waals surface area contributed by atoms with Crippen molar-refractivity contribution in [3.05, 3.63) is 59.7 Å². The van der Waals surface area contributed by atoms with E-state index in [1.165, 1.54) is 0 Å². The predicted molar refractivity (Wildman–Crippen MR) is 106 cm³/mol. The van der Waals surface area contributed by atoms with E-state index in [4.69, 9.17) is 26.2 Å². The van der Waals surface area contributed by atoms with Gasteiger partial charge in [-0.05, 0) is 35.4 Å². The molecule has 3 N–H and O–H groups in total. The van der Waals surface area contributed by atoms with Gasteiger partial charge in [0.25, 0.3) is 0 Å². The normalized spacial score (nSPS) is 13.9. The SMILES string of the molecule is CC(C)(c1ccc(OCC(O)CCl)cc1)c1ccc(OC[C@@H](O)CO)cc1. The number of aliphatic hydroxyl groups is 3. The first kappa shape index (κ1) is 21.5. The van der Waals surface area contributed by atoms with E-state index < -0.39 is 12.2 Å². The lowest BCUT2D eigenvalue weighted by molar-refractivity contribution is 0.0536. The van der Waals surface area contributed by atoms with Gasteiger partial charge in [0.1, 0.15) is 36.9 Å². The van der Waals surface area contributed by atoms with E-state index in [2.05, 4.69) is 13.8 Å². The van der Waals surface area contributed by atoms with Crippen LogP contribution in [0.5, 0.6) is 11.5 Å². The van der Waals surface area contributed by atoms with Crippen molar-refractivity contribution in [2.75, 3.05) is 25.7 Å². The molecule has 6 heteroatoms. The smallest absolute Gasteiger partial charge is 0.119 e. The van der Waals surface area contributed by atoms with Gasteiger partial charge in [-0.2, -0.15) is 0 Å².